The van der Waals surface area contributed by atoms with Gasteiger partial charge in [0.1, 0.15) is 0 Å². The number of carbonyl (C=O) groups is 2. The second-order valence-corrected chi connectivity index (χ2v) is 5.25. The molecule has 2 aromatic carbocycles. The lowest BCUT2D eigenvalue weighted by Crippen LogP contribution is -2.26. The monoisotopic (exact) mass is 317 g/mol. The van der Waals surface area contributed by atoms with E-state index in [1.54, 1.807) is 36.4 Å². The molecule has 0 aliphatic heterocycles. The minimum absolute atomic E-state index is 0.145. The summed E-state index contributed by atoms with van der Waals surface area (Å²) in [4.78, 5) is 22.9. The predicted molar refractivity (Wildman–Crippen MR) is 87.0 cm³/mol. The summed E-state index contributed by atoms with van der Waals surface area (Å²) in [7, 11) is 0. The molecule has 0 heterocycles. The van der Waals surface area contributed by atoms with Gasteiger partial charge in [0.25, 0.3) is 5.91 Å². The summed E-state index contributed by atoms with van der Waals surface area (Å²) in [6, 6.07) is 13.0. The highest BCUT2D eigenvalue weighted by Crippen LogP contribution is 2.17. The first-order chi connectivity index (χ1) is 10.5. The topological polar surface area (TPSA) is 84.2 Å². The molecule has 3 amide bonds. The molecule has 4 N–H and O–H groups in total. The van der Waals surface area contributed by atoms with Crippen molar-refractivity contribution < 1.29 is 9.59 Å². The number of halogens is 1. The number of amides is 3. The van der Waals surface area contributed by atoms with Gasteiger partial charge in [0.15, 0.2) is 0 Å². The molecule has 0 spiro atoms. The zero-order valence-electron chi connectivity index (χ0n) is 12.0. The molecule has 2 aromatic rings. The SMILES string of the molecule is C[C@H](NC(=O)c1ccc(NC(N)=O)cc1)c1ccc(Cl)cc1. The molecule has 0 fully saturated rings. The fourth-order valence-corrected chi connectivity index (χ4v) is 2.09. The number of primary amides is 1. The van der Waals surface area contributed by atoms with Gasteiger partial charge >= 0.3 is 6.03 Å². The van der Waals surface area contributed by atoms with Crippen LogP contribution in [0.4, 0.5) is 10.5 Å². The molecule has 0 saturated carbocycles. The van der Waals surface area contributed by atoms with Crippen molar-refractivity contribution in [3.63, 3.8) is 0 Å². The highest BCUT2D eigenvalue weighted by molar-refractivity contribution is 6.30. The van der Waals surface area contributed by atoms with Crippen LogP contribution in [0.25, 0.3) is 0 Å². The molecule has 0 saturated heterocycles. The van der Waals surface area contributed by atoms with E-state index in [0.717, 1.165) is 5.56 Å². The first-order valence-corrected chi connectivity index (χ1v) is 7.06. The van der Waals surface area contributed by atoms with Crippen LogP contribution in [0.5, 0.6) is 0 Å². The molecule has 0 bridgehead atoms. The van der Waals surface area contributed by atoms with E-state index in [1.807, 2.05) is 19.1 Å². The molecule has 0 aliphatic rings. The Bertz CT molecular complexity index is 669. The maximum Gasteiger partial charge on any atom is 0.316 e. The number of hydrogen-bond acceptors (Lipinski definition) is 2. The van der Waals surface area contributed by atoms with Gasteiger partial charge in [0.05, 0.1) is 6.04 Å². The summed E-state index contributed by atoms with van der Waals surface area (Å²) >= 11 is 5.84. The molecule has 0 unspecified atom stereocenters. The van der Waals surface area contributed by atoms with Crippen molar-refractivity contribution in [3.8, 4) is 0 Å². The highest BCUT2D eigenvalue weighted by atomic mass is 35.5. The number of carbonyl (C=O) groups excluding carboxylic acids is 2. The smallest absolute Gasteiger partial charge is 0.316 e. The summed E-state index contributed by atoms with van der Waals surface area (Å²) in [6.07, 6.45) is 0. The molecule has 22 heavy (non-hydrogen) atoms. The van der Waals surface area contributed by atoms with E-state index in [-0.39, 0.29) is 11.9 Å². The van der Waals surface area contributed by atoms with Crippen LogP contribution in [0.15, 0.2) is 48.5 Å². The highest BCUT2D eigenvalue weighted by Gasteiger charge is 2.11. The summed E-state index contributed by atoms with van der Waals surface area (Å²) < 4.78 is 0. The van der Waals surface area contributed by atoms with E-state index in [0.29, 0.717) is 16.3 Å². The zero-order chi connectivity index (χ0) is 16.1. The third-order valence-electron chi connectivity index (χ3n) is 3.13. The van der Waals surface area contributed by atoms with Crippen LogP contribution in [-0.4, -0.2) is 11.9 Å². The quantitative estimate of drug-likeness (QED) is 0.808. The van der Waals surface area contributed by atoms with Crippen LogP contribution < -0.4 is 16.4 Å². The summed E-state index contributed by atoms with van der Waals surface area (Å²) in [5.74, 6) is -0.201. The Balaban J connectivity index is 2.02. The van der Waals surface area contributed by atoms with Gasteiger partial charge in [-0.05, 0) is 48.9 Å². The lowest BCUT2D eigenvalue weighted by atomic mass is 10.1. The lowest BCUT2D eigenvalue weighted by molar-refractivity contribution is 0.0940. The normalized spacial score (nSPS) is 11.5. The molecule has 0 aromatic heterocycles. The van der Waals surface area contributed by atoms with Crippen LogP contribution in [0.1, 0.15) is 28.9 Å². The van der Waals surface area contributed by atoms with E-state index < -0.39 is 6.03 Å². The van der Waals surface area contributed by atoms with Gasteiger partial charge in [-0.15, -0.1) is 0 Å². The molecule has 1 atom stereocenters. The van der Waals surface area contributed by atoms with Gasteiger partial charge in [-0.3, -0.25) is 4.79 Å². The first-order valence-electron chi connectivity index (χ1n) is 6.68. The molecule has 6 heteroatoms. The van der Waals surface area contributed by atoms with Crippen LogP contribution in [0.2, 0.25) is 5.02 Å². The Morgan fingerprint density at radius 1 is 1.05 bits per heavy atom. The van der Waals surface area contributed by atoms with Crippen molar-refractivity contribution in [2.24, 2.45) is 5.73 Å². The van der Waals surface area contributed by atoms with Crippen LogP contribution >= 0.6 is 11.6 Å². The van der Waals surface area contributed by atoms with E-state index in [4.69, 9.17) is 17.3 Å². The molecule has 5 nitrogen and oxygen atoms in total. The van der Waals surface area contributed by atoms with Gasteiger partial charge in [0.2, 0.25) is 0 Å². The average Bonchev–Trinajstić information content (AvgIpc) is 2.48. The Morgan fingerprint density at radius 2 is 1.64 bits per heavy atom. The number of hydrogen-bond donors (Lipinski definition) is 3. The minimum atomic E-state index is -0.645. The van der Waals surface area contributed by atoms with Crippen molar-refractivity contribution in [1.82, 2.24) is 5.32 Å². The number of urea groups is 1. The van der Waals surface area contributed by atoms with Crippen molar-refractivity contribution >= 4 is 29.2 Å². The third-order valence-corrected chi connectivity index (χ3v) is 3.38. The van der Waals surface area contributed by atoms with Gasteiger partial charge in [-0.25, -0.2) is 4.79 Å². The molecular weight excluding hydrogens is 302 g/mol. The standard InChI is InChI=1S/C16H16ClN3O2/c1-10(11-2-6-13(17)7-3-11)19-15(21)12-4-8-14(9-5-12)20-16(18)22/h2-10H,1H3,(H,19,21)(H3,18,20,22)/t10-/m0/s1. The molecule has 0 radical (unpaired) electrons. The van der Waals surface area contributed by atoms with E-state index in [2.05, 4.69) is 10.6 Å². The Kier molecular flexibility index (Phi) is 5.01. The van der Waals surface area contributed by atoms with E-state index >= 15 is 0 Å². The van der Waals surface area contributed by atoms with Crippen molar-refractivity contribution in [1.29, 1.82) is 0 Å². The largest absolute Gasteiger partial charge is 0.351 e. The minimum Gasteiger partial charge on any atom is -0.351 e. The Hall–Kier alpha value is -2.53. The second-order valence-electron chi connectivity index (χ2n) is 4.81. The number of rotatable bonds is 4. The van der Waals surface area contributed by atoms with Crippen LogP contribution in [0.3, 0.4) is 0 Å². The van der Waals surface area contributed by atoms with Gasteiger partial charge in [-0.2, -0.15) is 0 Å². The van der Waals surface area contributed by atoms with Crippen molar-refractivity contribution in [2.45, 2.75) is 13.0 Å². The zero-order valence-corrected chi connectivity index (χ0v) is 12.7. The number of anilines is 1. The molecular formula is C16H16ClN3O2. The summed E-state index contributed by atoms with van der Waals surface area (Å²) in [5, 5.41) is 5.99. The van der Waals surface area contributed by atoms with Crippen LogP contribution in [-0.2, 0) is 0 Å². The van der Waals surface area contributed by atoms with Gasteiger partial charge in [0, 0.05) is 16.3 Å². The number of benzene rings is 2. The molecule has 2 rings (SSSR count). The van der Waals surface area contributed by atoms with E-state index in [1.165, 1.54) is 0 Å². The maximum atomic E-state index is 12.2. The van der Waals surface area contributed by atoms with Crippen LogP contribution in [0, 0.1) is 0 Å². The first kappa shape index (κ1) is 15.9. The summed E-state index contributed by atoms with van der Waals surface area (Å²) in [6.45, 7) is 1.89. The molecule has 114 valence electrons. The Labute approximate surface area is 133 Å². The number of nitrogens with two attached hydrogens (primary N) is 1. The molecule has 0 aliphatic carbocycles. The Morgan fingerprint density at radius 3 is 2.18 bits per heavy atom. The van der Waals surface area contributed by atoms with Crippen molar-refractivity contribution in [2.75, 3.05) is 5.32 Å². The fourth-order valence-electron chi connectivity index (χ4n) is 1.96. The lowest BCUT2D eigenvalue weighted by Gasteiger charge is -2.14. The third kappa shape index (κ3) is 4.23. The summed E-state index contributed by atoms with van der Waals surface area (Å²) in [5.41, 5.74) is 7.02. The predicted octanol–water partition coefficient (Wildman–Crippen LogP) is 3.32. The van der Waals surface area contributed by atoms with Gasteiger partial charge in [-0.1, -0.05) is 23.7 Å². The van der Waals surface area contributed by atoms with E-state index in [9.17, 15) is 9.59 Å². The second kappa shape index (κ2) is 6.95. The fraction of sp³-hybridized carbons (Fsp3) is 0.125. The number of nitrogens with one attached hydrogen (secondary N) is 2. The van der Waals surface area contributed by atoms with Gasteiger partial charge < -0.3 is 16.4 Å². The maximum absolute atomic E-state index is 12.2. The van der Waals surface area contributed by atoms with Crippen molar-refractivity contribution in [3.05, 3.63) is 64.7 Å². The average molecular weight is 318 g/mol.